The van der Waals surface area contributed by atoms with Gasteiger partial charge in [-0.25, -0.2) is 15.0 Å². The molecule has 0 unspecified atom stereocenters. The summed E-state index contributed by atoms with van der Waals surface area (Å²) in [5.41, 5.74) is 12.6. The predicted octanol–water partition coefficient (Wildman–Crippen LogP) is -0.425. The maximum atomic E-state index is 8.92. The van der Waals surface area contributed by atoms with E-state index in [4.69, 9.17) is 16.7 Å². The Kier molecular flexibility index (Phi) is 1.91. The summed E-state index contributed by atoms with van der Waals surface area (Å²) in [5, 5.41) is 12.9. The molecule has 0 amide bonds. The molecule has 0 aliphatic carbocycles. The van der Waals surface area contributed by atoms with E-state index in [1.807, 2.05) is 6.07 Å². The summed E-state index contributed by atoms with van der Waals surface area (Å²) >= 11 is 0. The zero-order chi connectivity index (χ0) is 12.7. The van der Waals surface area contributed by atoms with Gasteiger partial charge in [0.15, 0.2) is 17.3 Å². The maximum absolute atomic E-state index is 8.92. The van der Waals surface area contributed by atoms with Crippen LogP contribution in [-0.2, 0) is 0 Å². The zero-order valence-corrected chi connectivity index (χ0v) is 8.99. The predicted molar refractivity (Wildman–Crippen MR) is 62.3 cm³/mol. The number of nitrogens with zero attached hydrogens (tertiary/aromatic N) is 6. The zero-order valence-electron chi connectivity index (χ0n) is 8.99. The van der Waals surface area contributed by atoms with Crippen molar-refractivity contribution in [3.05, 3.63) is 18.2 Å². The molecule has 0 aromatic carbocycles. The Morgan fingerprint density at radius 1 is 1.28 bits per heavy atom. The van der Waals surface area contributed by atoms with Crippen molar-refractivity contribution in [1.82, 2.24) is 29.7 Å². The summed E-state index contributed by atoms with van der Waals surface area (Å²) in [7, 11) is 0. The van der Waals surface area contributed by atoms with Crippen LogP contribution in [0.5, 0.6) is 0 Å². The van der Waals surface area contributed by atoms with Gasteiger partial charge in [-0.1, -0.05) is 0 Å². The smallest absolute Gasteiger partial charge is 0.185 e. The average Bonchev–Trinajstić information content (AvgIpc) is 2.94. The molecule has 18 heavy (non-hydrogen) atoms. The van der Waals surface area contributed by atoms with E-state index in [2.05, 4.69) is 25.0 Å². The first-order valence-corrected chi connectivity index (χ1v) is 4.91. The van der Waals surface area contributed by atoms with E-state index >= 15 is 0 Å². The molecule has 0 aliphatic heterocycles. The van der Waals surface area contributed by atoms with Crippen molar-refractivity contribution in [1.29, 1.82) is 5.26 Å². The van der Waals surface area contributed by atoms with Gasteiger partial charge in [0.25, 0.3) is 0 Å². The third-order valence-electron chi connectivity index (χ3n) is 2.46. The minimum absolute atomic E-state index is 0.0567. The number of nitrogens with one attached hydrogen (secondary N) is 1. The van der Waals surface area contributed by atoms with Crippen LogP contribution in [0.4, 0.5) is 11.6 Å². The van der Waals surface area contributed by atoms with Gasteiger partial charge >= 0.3 is 0 Å². The Morgan fingerprint density at radius 3 is 2.83 bits per heavy atom. The Balaban J connectivity index is 2.34. The molecule has 5 N–H and O–H groups in total. The number of aromatic amines is 1. The van der Waals surface area contributed by atoms with E-state index in [1.165, 1.54) is 17.3 Å². The van der Waals surface area contributed by atoms with Crippen LogP contribution in [0.15, 0.2) is 12.7 Å². The lowest BCUT2D eigenvalue weighted by Gasteiger charge is -2.02. The second kappa shape index (κ2) is 3.42. The lowest BCUT2D eigenvalue weighted by molar-refractivity contribution is 0.863. The number of nitrogens with two attached hydrogens (primary N) is 2. The van der Waals surface area contributed by atoms with Crippen molar-refractivity contribution in [2.24, 2.45) is 0 Å². The van der Waals surface area contributed by atoms with Crippen molar-refractivity contribution < 1.29 is 0 Å². The van der Waals surface area contributed by atoms with Crippen LogP contribution in [0.2, 0.25) is 0 Å². The van der Waals surface area contributed by atoms with Gasteiger partial charge in [-0.3, -0.25) is 0 Å². The number of aromatic nitrogens is 6. The summed E-state index contributed by atoms with van der Waals surface area (Å²) < 4.78 is 1.29. The van der Waals surface area contributed by atoms with Crippen LogP contribution in [0.1, 0.15) is 5.56 Å². The summed E-state index contributed by atoms with van der Waals surface area (Å²) in [6.07, 6.45) is 2.82. The number of hydrogen-bond acceptors (Lipinski definition) is 7. The van der Waals surface area contributed by atoms with Gasteiger partial charge in [-0.2, -0.15) is 9.94 Å². The van der Waals surface area contributed by atoms with E-state index < -0.39 is 0 Å². The summed E-state index contributed by atoms with van der Waals surface area (Å²) in [5.74, 6) is 0.578. The Labute approximate surface area is 100 Å². The molecule has 9 nitrogen and oxygen atoms in total. The van der Waals surface area contributed by atoms with Gasteiger partial charge in [0.1, 0.15) is 29.3 Å². The lowest BCUT2D eigenvalue weighted by Crippen LogP contribution is -2.06. The molecule has 0 atom stereocenters. The minimum Gasteiger partial charge on any atom is -0.382 e. The minimum atomic E-state index is 0.0567. The van der Waals surface area contributed by atoms with Crippen LogP contribution in [0, 0.1) is 11.3 Å². The Hall–Kier alpha value is -3.15. The molecule has 0 fully saturated rings. The fourth-order valence-electron chi connectivity index (χ4n) is 1.64. The molecule has 3 aromatic heterocycles. The van der Waals surface area contributed by atoms with Crippen LogP contribution >= 0.6 is 0 Å². The van der Waals surface area contributed by atoms with E-state index in [1.54, 1.807) is 0 Å². The Bertz CT molecular complexity index is 775. The molecule has 0 aliphatic rings. The third kappa shape index (κ3) is 1.20. The molecule has 9 heteroatoms. The monoisotopic (exact) mass is 241 g/mol. The van der Waals surface area contributed by atoms with Gasteiger partial charge in [0, 0.05) is 0 Å². The molecule has 0 saturated heterocycles. The van der Waals surface area contributed by atoms with E-state index in [9.17, 15) is 0 Å². The maximum Gasteiger partial charge on any atom is 0.185 e. The highest BCUT2D eigenvalue weighted by Gasteiger charge is 2.17. The second-order valence-corrected chi connectivity index (χ2v) is 3.47. The van der Waals surface area contributed by atoms with Crippen LogP contribution < -0.4 is 11.5 Å². The second-order valence-electron chi connectivity index (χ2n) is 3.47. The van der Waals surface area contributed by atoms with Crippen molar-refractivity contribution in [2.45, 2.75) is 0 Å². The van der Waals surface area contributed by atoms with Crippen LogP contribution in [0.25, 0.3) is 17.0 Å². The quantitative estimate of drug-likeness (QED) is 0.523. The number of nitrogen functional groups attached to an aromatic ring is 2. The average molecular weight is 241 g/mol. The largest absolute Gasteiger partial charge is 0.382 e. The topological polar surface area (TPSA) is 148 Å². The van der Waals surface area contributed by atoms with Gasteiger partial charge < -0.3 is 16.5 Å². The van der Waals surface area contributed by atoms with Crippen molar-refractivity contribution in [3.63, 3.8) is 0 Å². The van der Waals surface area contributed by atoms with Gasteiger partial charge in [0.05, 0.1) is 6.33 Å². The van der Waals surface area contributed by atoms with Gasteiger partial charge in [0.2, 0.25) is 0 Å². The van der Waals surface area contributed by atoms with Crippen molar-refractivity contribution >= 4 is 22.8 Å². The molecule has 3 heterocycles. The molecular weight excluding hydrogens is 234 g/mol. The molecule has 0 radical (unpaired) electrons. The molecule has 3 aromatic rings. The van der Waals surface area contributed by atoms with Crippen LogP contribution in [0.3, 0.4) is 0 Å². The first-order chi connectivity index (χ1) is 8.72. The molecular formula is C9H7N9. The number of anilines is 2. The highest BCUT2D eigenvalue weighted by molar-refractivity contribution is 5.79. The first-order valence-electron chi connectivity index (χ1n) is 4.91. The number of rotatable bonds is 1. The van der Waals surface area contributed by atoms with Crippen LogP contribution in [-0.4, -0.2) is 29.7 Å². The number of H-pyrrole nitrogens is 1. The number of nitriles is 1. The number of hydrogen-bond donors (Lipinski definition) is 3. The summed E-state index contributed by atoms with van der Waals surface area (Å²) in [4.78, 5) is 14.9. The van der Waals surface area contributed by atoms with E-state index in [-0.39, 0.29) is 17.2 Å². The van der Waals surface area contributed by atoms with Gasteiger partial charge in [-0.15, -0.1) is 5.10 Å². The van der Waals surface area contributed by atoms with Crippen molar-refractivity contribution in [3.8, 4) is 11.9 Å². The normalized spacial score (nSPS) is 10.6. The molecule has 88 valence electrons. The van der Waals surface area contributed by atoms with E-state index in [0.29, 0.717) is 17.0 Å². The summed E-state index contributed by atoms with van der Waals surface area (Å²) in [6.45, 7) is 0. The van der Waals surface area contributed by atoms with Crippen molar-refractivity contribution in [2.75, 3.05) is 11.5 Å². The third-order valence-corrected chi connectivity index (χ3v) is 2.46. The standard InChI is InChI=1S/C9H7N9/c10-1-4-6(11)17-18(7(4)12)9-5-8(14-2-13-5)15-3-16-9/h2-3H,12H2,(H2,11,17)(H,13,14,15,16). The molecule has 0 spiro atoms. The van der Waals surface area contributed by atoms with E-state index in [0.717, 1.165) is 0 Å². The van der Waals surface area contributed by atoms with Gasteiger partial charge in [-0.05, 0) is 0 Å². The Morgan fingerprint density at radius 2 is 2.11 bits per heavy atom. The molecule has 0 saturated carbocycles. The molecule has 3 rings (SSSR count). The number of fused-ring (bicyclic) bond motifs is 1. The highest BCUT2D eigenvalue weighted by atomic mass is 15.4. The summed E-state index contributed by atoms with van der Waals surface area (Å²) in [6, 6.07) is 1.89. The molecule has 0 bridgehead atoms. The number of imidazole rings is 1. The lowest BCUT2D eigenvalue weighted by atomic mass is 10.3. The fourth-order valence-corrected chi connectivity index (χ4v) is 1.64. The fraction of sp³-hybridized carbons (Fsp3) is 0. The first kappa shape index (κ1) is 10.0. The SMILES string of the molecule is N#Cc1c(N)nn(-c2ncnc3nc[nH]c23)c1N. The highest BCUT2D eigenvalue weighted by Crippen LogP contribution is 2.23.